The first-order chi connectivity index (χ1) is 16.7. The van der Waals surface area contributed by atoms with Crippen LogP contribution in [0.4, 0.5) is 0 Å². The molecule has 2 aromatic rings. The van der Waals surface area contributed by atoms with Crippen LogP contribution in [0.25, 0.3) is 0 Å². The number of carbonyl (C=O) groups excluding carboxylic acids is 1. The number of alkyl halides is 3. The molecule has 35 heavy (non-hydrogen) atoms. The smallest absolute Gasteiger partial charge is 0.272 e. The first-order valence-electron chi connectivity index (χ1n) is 11.6. The van der Waals surface area contributed by atoms with Crippen LogP contribution in [0.1, 0.15) is 47.5 Å². The number of rotatable bonds is 7. The van der Waals surface area contributed by atoms with Gasteiger partial charge in [-0.1, -0.05) is 83.3 Å². The molecule has 0 aromatic heterocycles. The summed E-state index contributed by atoms with van der Waals surface area (Å²) in [6.45, 7) is 2.42. The summed E-state index contributed by atoms with van der Waals surface area (Å²) in [7, 11) is 0. The molecule has 190 valence electrons. The van der Waals surface area contributed by atoms with E-state index in [-0.39, 0.29) is 31.5 Å². The van der Waals surface area contributed by atoms with E-state index in [4.69, 9.17) is 44.3 Å². The van der Waals surface area contributed by atoms with Gasteiger partial charge in [0.25, 0.3) is 9.70 Å². The number of hydrogen-bond acceptors (Lipinski definition) is 6. The van der Waals surface area contributed by atoms with Crippen LogP contribution < -0.4 is 5.32 Å². The van der Waals surface area contributed by atoms with Crippen LogP contribution in [0.5, 0.6) is 0 Å². The van der Waals surface area contributed by atoms with Gasteiger partial charge in [-0.25, -0.2) is 0 Å². The molecule has 3 N–H and O–H groups in total. The van der Waals surface area contributed by atoms with Crippen molar-refractivity contribution in [3.05, 3.63) is 70.8 Å². The molecule has 7 nitrogen and oxygen atoms in total. The second-order valence-electron chi connectivity index (χ2n) is 8.97. The Hall–Kier alpha value is -1.42. The van der Waals surface area contributed by atoms with E-state index < -0.39 is 16.0 Å². The first kappa shape index (κ1) is 26.6. The Labute approximate surface area is 219 Å². The number of carbonyl (C=O) groups is 1. The molecule has 0 saturated carbocycles. The molecule has 4 rings (SSSR count). The van der Waals surface area contributed by atoms with Crippen LogP contribution >= 0.6 is 34.8 Å². The van der Waals surface area contributed by atoms with Crippen molar-refractivity contribution in [2.75, 3.05) is 19.6 Å². The van der Waals surface area contributed by atoms with Gasteiger partial charge in [-0.3, -0.25) is 9.69 Å². The molecule has 0 aliphatic carbocycles. The third-order valence-corrected chi connectivity index (χ3v) is 6.80. The number of halogens is 3. The van der Waals surface area contributed by atoms with Gasteiger partial charge in [-0.15, -0.1) is 0 Å². The number of nitrogens with zero attached hydrogens (tertiary/aromatic N) is 1. The lowest BCUT2D eigenvalue weighted by atomic mass is 9.99. The lowest BCUT2D eigenvalue weighted by Gasteiger charge is -2.37. The van der Waals surface area contributed by atoms with Crippen molar-refractivity contribution in [3.63, 3.8) is 0 Å². The highest BCUT2D eigenvalue weighted by molar-refractivity contribution is 6.76. The molecule has 0 unspecified atom stereocenters. The molecule has 0 radical (unpaired) electrons. The van der Waals surface area contributed by atoms with Crippen molar-refractivity contribution in [3.8, 4) is 0 Å². The lowest BCUT2D eigenvalue weighted by Crippen LogP contribution is -2.38. The molecule has 2 heterocycles. The summed E-state index contributed by atoms with van der Waals surface area (Å²) >= 11 is 16.8. The van der Waals surface area contributed by atoms with Crippen molar-refractivity contribution < 1.29 is 24.5 Å². The zero-order valence-corrected chi connectivity index (χ0v) is 21.3. The summed E-state index contributed by atoms with van der Waals surface area (Å²) in [6, 6.07) is 15.3. The fraction of sp³-hybridized carbons (Fsp3) is 0.480. The minimum absolute atomic E-state index is 0.00802. The predicted octanol–water partition coefficient (Wildman–Crippen LogP) is 3.78. The van der Waals surface area contributed by atoms with Gasteiger partial charge in [0.05, 0.1) is 24.9 Å². The maximum atomic E-state index is 11.8. The average molecular weight is 544 g/mol. The normalized spacial score (nSPS) is 25.5. The Morgan fingerprint density at radius 2 is 1.69 bits per heavy atom. The lowest BCUT2D eigenvalue weighted by molar-refractivity contribution is -0.252. The summed E-state index contributed by atoms with van der Waals surface area (Å²) in [4.78, 5) is 14.0. The van der Waals surface area contributed by atoms with E-state index >= 15 is 0 Å². The summed E-state index contributed by atoms with van der Waals surface area (Å²) in [5, 5.41) is 21.9. The molecule has 2 aromatic carbocycles. The van der Waals surface area contributed by atoms with Gasteiger partial charge in [0.15, 0.2) is 6.29 Å². The fourth-order valence-electron chi connectivity index (χ4n) is 4.37. The zero-order chi connectivity index (χ0) is 25.0. The molecule has 2 aliphatic rings. The van der Waals surface area contributed by atoms with E-state index in [1.54, 1.807) is 0 Å². The van der Waals surface area contributed by atoms with Gasteiger partial charge in [-0.05, 0) is 23.1 Å². The number of amides is 1. The third-order valence-electron chi connectivity index (χ3n) is 6.29. The number of ether oxygens (including phenoxy) is 2. The van der Waals surface area contributed by atoms with Crippen molar-refractivity contribution >= 4 is 40.7 Å². The number of aliphatic hydroxyl groups excluding tert-OH is 2. The maximum absolute atomic E-state index is 11.8. The summed E-state index contributed by atoms with van der Waals surface area (Å²) in [5.41, 5.74) is 3.56. The molecule has 0 bridgehead atoms. The highest BCUT2D eigenvalue weighted by atomic mass is 35.6. The molecule has 2 saturated heterocycles. The van der Waals surface area contributed by atoms with Crippen molar-refractivity contribution in [1.82, 2.24) is 10.2 Å². The topological polar surface area (TPSA) is 91.3 Å². The molecule has 1 amide bonds. The van der Waals surface area contributed by atoms with Gasteiger partial charge in [0.1, 0.15) is 0 Å². The highest BCUT2D eigenvalue weighted by Gasteiger charge is 2.34. The number of β-amino-alcohol motifs (C(OH)–C–C–N with tert-alkyl or cyclic N) is 1. The Kier molecular flexibility index (Phi) is 8.94. The summed E-state index contributed by atoms with van der Waals surface area (Å²) < 4.78 is 10.7. The predicted molar refractivity (Wildman–Crippen MR) is 134 cm³/mol. The van der Waals surface area contributed by atoms with E-state index in [9.17, 15) is 15.0 Å². The second-order valence-corrected chi connectivity index (χ2v) is 11.3. The summed E-state index contributed by atoms with van der Waals surface area (Å²) in [6.07, 6.45) is 0.334. The Morgan fingerprint density at radius 3 is 2.29 bits per heavy atom. The van der Waals surface area contributed by atoms with Gasteiger partial charge in [0.2, 0.25) is 0 Å². The minimum Gasteiger partial charge on any atom is -0.392 e. The average Bonchev–Trinajstić information content (AvgIpc) is 3.26. The molecule has 10 heteroatoms. The number of aliphatic hydroxyl groups is 2. The van der Waals surface area contributed by atoms with Crippen molar-refractivity contribution in [2.24, 2.45) is 0 Å². The molecule has 2 aliphatic heterocycles. The Bertz CT molecular complexity index is 984. The van der Waals surface area contributed by atoms with E-state index in [0.29, 0.717) is 19.5 Å². The van der Waals surface area contributed by atoms with Crippen LogP contribution in [0.2, 0.25) is 0 Å². The van der Waals surface area contributed by atoms with Crippen molar-refractivity contribution in [1.29, 1.82) is 0 Å². The highest BCUT2D eigenvalue weighted by Crippen LogP contribution is 2.38. The zero-order valence-electron chi connectivity index (χ0n) is 19.1. The standard InChI is InChI=1S/C25H29Cl3N2O5/c26-25(27,28)24(33)29-12-16-1-7-19(8-2-16)23-34-21(14-30-10-9-20(32)13-30)11-22(35-23)18-5-3-17(15-31)4-6-18/h1-8,20-23,31-32H,9-15H2,(H,29,33)/t20-,21+,22-,23-/m0/s1. The van der Waals surface area contributed by atoms with Gasteiger partial charge in [0, 0.05) is 38.2 Å². The van der Waals surface area contributed by atoms with E-state index in [2.05, 4.69) is 10.2 Å². The molecule has 2 fully saturated rings. The van der Waals surface area contributed by atoms with Crippen LogP contribution in [-0.2, 0) is 27.4 Å². The van der Waals surface area contributed by atoms with E-state index in [1.807, 2.05) is 48.5 Å². The second kappa shape index (κ2) is 11.8. The third kappa shape index (κ3) is 7.31. The van der Waals surface area contributed by atoms with Crippen LogP contribution in [0.3, 0.4) is 0 Å². The number of benzene rings is 2. The first-order valence-corrected chi connectivity index (χ1v) is 12.7. The quantitative estimate of drug-likeness (QED) is 0.461. The minimum atomic E-state index is -2.01. The van der Waals surface area contributed by atoms with E-state index in [1.165, 1.54) is 0 Å². The molecular weight excluding hydrogens is 515 g/mol. The number of likely N-dealkylation sites (tertiary alicyclic amines) is 1. The van der Waals surface area contributed by atoms with Crippen LogP contribution in [-0.4, -0.2) is 56.7 Å². The van der Waals surface area contributed by atoms with Gasteiger partial charge < -0.3 is 25.0 Å². The number of nitrogens with one attached hydrogen (secondary N) is 1. The van der Waals surface area contributed by atoms with Crippen LogP contribution in [0.15, 0.2) is 48.5 Å². The molecule has 4 atom stereocenters. The molecular formula is C25H29Cl3N2O5. The summed E-state index contributed by atoms with van der Waals surface area (Å²) in [5.74, 6) is -0.685. The van der Waals surface area contributed by atoms with E-state index in [0.717, 1.165) is 35.2 Å². The van der Waals surface area contributed by atoms with Gasteiger partial charge >= 0.3 is 0 Å². The fourth-order valence-corrected chi connectivity index (χ4v) is 4.57. The number of hydrogen-bond donors (Lipinski definition) is 3. The SMILES string of the molecule is O=C(NCc1ccc([C@H]2O[C@@H](CN3CC[C@H](O)C3)C[C@@H](c3ccc(CO)cc3)O2)cc1)C(Cl)(Cl)Cl. The maximum Gasteiger partial charge on any atom is 0.272 e. The van der Waals surface area contributed by atoms with Crippen LogP contribution in [0, 0.1) is 0 Å². The molecule has 0 spiro atoms. The Morgan fingerprint density at radius 1 is 1.03 bits per heavy atom. The largest absolute Gasteiger partial charge is 0.392 e. The monoisotopic (exact) mass is 542 g/mol. The Balaban J connectivity index is 1.46. The van der Waals surface area contributed by atoms with Gasteiger partial charge in [-0.2, -0.15) is 0 Å². The van der Waals surface area contributed by atoms with Crippen molar-refractivity contribution in [2.45, 2.75) is 54.4 Å².